The van der Waals surface area contributed by atoms with Gasteiger partial charge in [-0.3, -0.25) is 28.8 Å². The van der Waals surface area contributed by atoms with Gasteiger partial charge < -0.3 is 36.1 Å². The summed E-state index contributed by atoms with van der Waals surface area (Å²) in [6.07, 6.45) is 7.50. The predicted octanol–water partition coefficient (Wildman–Crippen LogP) is 7.01. The molecule has 14 heteroatoms. The van der Waals surface area contributed by atoms with Crippen molar-refractivity contribution in [3.8, 4) is 28.7 Å². The van der Waals surface area contributed by atoms with Crippen molar-refractivity contribution in [1.82, 2.24) is 15.1 Å². The number of ketones is 3. The maximum absolute atomic E-state index is 15.0. The van der Waals surface area contributed by atoms with Gasteiger partial charge >= 0.3 is 0 Å². The van der Waals surface area contributed by atoms with E-state index in [2.05, 4.69) is 12.2 Å². The normalized spacial score (nSPS) is 16.5. The standard InChI is InChI=1S/C53H72N6O8/c1-7-8-9-10-11-12-14-37-16-20-41(35(2)29-37)46(61)34-40(19-23-50(63)58(4)5)53(65)59(6)51-39-18-22-49(67-28-26-56)43(33-39)42-31-38(17-21-48(42)66-27-25-55)32-44(45(60)15-13-24-54)57-52(64)36(3)30-47(51)62/h16-18,20-22,29,31,33,36,40,44,51H,7-15,19,23,25-28,30,32,34,55-56H2,1-6H3,(H,57,64)/t36-,40-,44+,51+/m1/s1. The van der Waals surface area contributed by atoms with Crippen LogP contribution in [0.25, 0.3) is 11.1 Å². The molecule has 3 amide bonds. The lowest BCUT2D eigenvalue weighted by atomic mass is 9.87. The zero-order valence-electron chi connectivity index (χ0n) is 40.5. The number of fused-ring (bicyclic) bond motifs is 5. The fourth-order valence-electron chi connectivity index (χ4n) is 8.60. The Morgan fingerprint density at radius 1 is 0.851 bits per heavy atom. The second-order valence-corrected chi connectivity index (χ2v) is 18.0. The summed E-state index contributed by atoms with van der Waals surface area (Å²) in [5.41, 5.74) is 16.3. The van der Waals surface area contributed by atoms with Gasteiger partial charge in [0.05, 0.1) is 12.1 Å². The number of unbranched alkanes of at least 4 members (excludes halogenated alkanes) is 5. The Morgan fingerprint density at radius 2 is 1.51 bits per heavy atom. The van der Waals surface area contributed by atoms with Gasteiger partial charge in [-0.25, -0.2) is 0 Å². The van der Waals surface area contributed by atoms with Crippen molar-refractivity contribution >= 4 is 35.1 Å². The minimum atomic E-state index is -1.26. The Bertz CT molecular complexity index is 2230. The number of aryl methyl sites for hydroxylation is 2. The smallest absolute Gasteiger partial charge is 0.226 e. The van der Waals surface area contributed by atoms with Crippen LogP contribution < -0.4 is 26.3 Å². The number of hydrogen-bond acceptors (Lipinski definition) is 11. The van der Waals surface area contributed by atoms with E-state index in [4.69, 9.17) is 20.9 Å². The number of nitriles is 1. The van der Waals surface area contributed by atoms with E-state index < -0.39 is 41.5 Å². The molecule has 1 heterocycles. The summed E-state index contributed by atoms with van der Waals surface area (Å²) in [6.45, 7) is 6.44. The molecule has 1 aliphatic heterocycles. The van der Waals surface area contributed by atoms with Gasteiger partial charge in [-0.15, -0.1) is 0 Å². The van der Waals surface area contributed by atoms with Crippen molar-refractivity contribution in [2.75, 3.05) is 47.4 Å². The Morgan fingerprint density at radius 3 is 2.15 bits per heavy atom. The third-order valence-corrected chi connectivity index (χ3v) is 12.4. The highest BCUT2D eigenvalue weighted by Crippen LogP contribution is 2.41. The third-order valence-electron chi connectivity index (χ3n) is 12.4. The molecule has 4 bridgehead atoms. The monoisotopic (exact) mass is 921 g/mol. The summed E-state index contributed by atoms with van der Waals surface area (Å²) < 4.78 is 12.3. The van der Waals surface area contributed by atoms with Crippen molar-refractivity contribution in [1.29, 1.82) is 5.26 Å². The van der Waals surface area contributed by atoms with Gasteiger partial charge in [0.2, 0.25) is 17.7 Å². The number of ether oxygens (including phenoxy) is 2. The highest BCUT2D eigenvalue weighted by molar-refractivity contribution is 6.01. The Balaban J connectivity index is 1.81. The van der Waals surface area contributed by atoms with Crippen molar-refractivity contribution in [2.24, 2.45) is 23.3 Å². The molecule has 0 saturated heterocycles. The molecule has 0 aliphatic carbocycles. The molecular formula is C53H72N6O8. The number of likely N-dealkylation sites (N-methyl/N-ethyl adjacent to an activating group) is 1. The quantitative estimate of drug-likeness (QED) is 0.0614. The van der Waals surface area contributed by atoms with Gasteiger partial charge in [0, 0.05) is 94.9 Å². The lowest BCUT2D eigenvalue weighted by Gasteiger charge is -2.32. The van der Waals surface area contributed by atoms with E-state index in [0.717, 1.165) is 30.4 Å². The topological polar surface area (TPSA) is 215 Å². The molecule has 3 aromatic carbocycles. The molecule has 67 heavy (non-hydrogen) atoms. The number of carbonyl (C=O) groups is 6. The molecule has 1 aliphatic rings. The molecule has 0 aromatic heterocycles. The minimum Gasteiger partial charge on any atom is -0.492 e. The first-order chi connectivity index (χ1) is 32.1. The largest absolute Gasteiger partial charge is 0.492 e. The number of carbonyl (C=O) groups excluding carboxylic acids is 6. The van der Waals surface area contributed by atoms with Crippen molar-refractivity contribution < 1.29 is 38.2 Å². The van der Waals surface area contributed by atoms with Gasteiger partial charge in [-0.2, -0.15) is 5.26 Å². The third kappa shape index (κ3) is 15.6. The van der Waals surface area contributed by atoms with Crippen LogP contribution in [0, 0.1) is 30.1 Å². The molecule has 0 unspecified atom stereocenters. The summed E-state index contributed by atoms with van der Waals surface area (Å²) in [7, 11) is 4.76. The van der Waals surface area contributed by atoms with Crippen molar-refractivity contribution in [3.05, 3.63) is 82.4 Å². The maximum Gasteiger partial charge on any atom is 0.226 e. The number of nitrogens with one attached hydrogen (secondary N) is 1. The number of amides is 3. The van der Waals surface area contributed by atoms with Gasteiger partial charge in [0.15, 0.2) is 17.3 Å². The first-order valence-electron chi connectivity index (χ1n) is 23.9. The van der Waals surface area contributed by atoms with E-state index in [1.807, 2.05) is 37.3 Å². The van der Waals surface area contributed by atoms with E-state index in [1.165, 1.54) is 42.5 Å². The fourth-order valence-corrected chi connectivity index (χ4v) is 8.60. The number of rotatable bonds is 24. The summed E-state index contributed by atoms with van der Waals surface area (Å²) in [6, 6.07) is 16.1. The molecule has 0 radical (unpaired) electrons. The molecule has 4 rings (SSSR count). The Labute approximate surface area is 397 Å². The average Bonchev–Trinajstić information content (AvgIpc) is 3.31. The molecule has 0 saturated carbocycles. The van der Waals surface area contributed by atoms with Gasteiger partial charge in [-0.05, 0) is 79.1 Å². The summed E-state index contributed by atoms with van der Waals surface area (Å²) >= 11 is 0. The molecule has 3 aromatic rings. The first-order valence-corrected chi connectivity index (χ1v) is 23.9. The molecule has 4 atom stereocenters. The molecular weight excluding hydrogens is 849 g/mol. The lowest BCUT2D eigenvalue weighted by molar-refractivity contribution is -0.143. The van der Waals surface area contributed by atoms with Crippen LogP contribution in [-0.2, 0) is 36.8 Å². The molecule has 0 fully saturated rings. The SMILES string of the molecule is CCCCCCCCc1ccc(C(=O)C[C@@H](CCC(=O)N(C)C)C(=O)N(C)[C@@H]2C(=O)C[C@@H](C)C(=O)N[C@H](C(=O)CCC#N)Cc3ccc(OCCN)c(c3)-c3cc2ccc3OCCN)c(C)c1. The van der Waals surface area contributed by atoms with Gasteiger partial charge in [0.25, 0.3) is 0 Å². The number of hydrogen-bond donors (Lipinski definition) is 3. The summed E-state index contributed by atoms with van der Waals surface area (Å²) in [4.78, 5) is 87.2. The highest BCUT2D eigenvalue weighted by atomic mass is 16.5. The Kier molecular flexibility index (Phi) is 21.7. The van der Waals surface area contributed by atoms with E-state index >= 15 is 4.79 Å². The average molecular weight is 921 g/mol. The first kappa shape index (κ1) is 53.7. The minimum absolute atomic E-state index is 0.00990. The van der Waals surface area contributed by atoms with E-state index in [-0.39, 0.29) is 88.7 Å². The number of nitrogens with zero attached hydrogens (tertiary/aromatic N) is 3. The molecule has 362 valence electrons. The van der Waals surface area contributed by atoms with Crippen LogP contribution in [0.2, 0.25) is 0 Å². The zero-order valence-corrected chi connectivity index (χ0v) is 40.5. The van der Waals surface area contributed by atoms with E-state index in [0.29, 0.717) is 39.3 Å². The zero-order chi connectivity index (χ0) is 49.0. The van der Waals surface area contributed by atoms with Crippen LogP contribution in [0.1, 0.15) is 130 Å². The van der Waals surface area contributed by atoms with Crippen LogP contribution in [0.5, 0.6) is 11.5 Å². The van der Waals surface area contributed by atoms with Crippen LogP contribution in [0.3, 0.4) is 0 Å². The number of Topliss-reactive ketones (excluding diaryl/α,β-unsaturated/α-hetero) is 3. The van der Waals surface area contributed by atoms with Crippen LogP contribution in [0.4, 0.5) is 0 Å². The second kappa shape index (κ2) is 27.0. The lowest BCUT2D eigenvalue weighted by Crippen LogP contribution is -2.45. The molecule has 5 N–H and O–H groups in total. The second-order valence-electron chi connectivity index (χ2n) is 18.0. The van der Waals surface area contributed by atoms with Crippen LogP contribution >= 0.6 is 0 Å². The summed E-state index contributed by atoms with van der Waals surface area (Å²) in [5, 5.41) is 12.1. The highest BCUT2D eigenvalue weighted by Gasteiger charge is 2.37. The van der Waals surface area contributed by atoms with Gasteiger partial charge in [0.1, 0.15) is 30.8 Å². The number of nitrogens with two attached hydrogens (primary N) is 2. The van der Waals surface area contributed by atoms with Crippen LogP contribution in [-0.4, -0.2) is 98.4 Å². The number of benzene rings is 3. The fraction of sp³-hybridized carbons (Fsp3) is 0.528. The van der Waals surface area contributed by atoms with Crippen molar-refractivity contribution in [2.45, 2.75) is 123 Å². The Hall–Kier alpha value is -5.91. The van der Waals surface area contributed by atoms with E-state index in [9.17, 15) is 29.2 Å². The maximum atomic E-state index is 15.0. The molecule has 0 spiro atoms. The molecule has 14 nitrogen and oxygen atoms in total. The van der Waals surface area contributed by atoms with E-state index in [1.54, 1.807) is 51.4 Å². The van der Waals surface area contributed by atoms with Crippen LogP contribution in [0.15, 0.2) is 54.6 Å². The van der Waals surface area contributed by atoms with Crippen molar-refractivity contribution in [3.63, 3.8) is 0 Å². The predicted molar refractivity (Wildman–Crippen MR) is 259 cm³/mol. The van der Waals surface area contributed by atoms with Gasteiger partial charge in [-0.1, -0.05) is 76.3 Å². The summed E-state index contributed by atoms with van der Waals surface area (Å²) in [5.74, 6) is -3.38.